The summed E-state index contributed by atoms with van der Waals surface area (Å²) in [7, 11) is 5.98. The second-order valence-corrected chi connectivity index (χ2v) is 26.9. The lowest BCUT2D eigenvalue weighted by molar-refractivity contribution is -0.870. The number of likely N-dealkylation sites (N-methyl/N-ethyl adjacent to an activating group) is 1. The fourth-order valence-electron chi connectivity index (χ4n) is 10.7. The molecule has 0 aromatic carbocycles. The molecule has 0 aliphatic rings. The van der Waals surface area contributed by atoms with Crippen LogP contribution in [0, 0.1) is 0 Å². The number of esters is 2. The van der Waals surface area contributed by atoms with Gasteiger partial charge in [-0.2, -0.15) is 0 Å². The van der Waals surface area contributed by atoms with Gasteiger partial charge >= 0.3 is 17.9 Å². The molecule has 0 amide bonds. The smallest absolute Gasteiger partial charge is 0.361 e. The average molecular weight is 1320 g/mol. The van der Waals surface area contributed by atoms with E-state index in [-0.39, 0.29) is 32.2 Å². The largest absolute Gasteiger partial charge is 0.477 e. The summed E-state index contributed by atoms with van der Waals surface area (Å²) in [5.74, 6) is -2.01. The Morgan fingerprint density at radius 2 is 0.568 bits per heavy atom. The Bertz CT molecular complexity index is 2080. The first-order chi connectivity index (χ1) is 46.6. The van der Waals surface area contributed by atoms with Crippen molar-refractivity contribution in [3.63, 3.8) is 0 Å². The van der Waals surface area contributed by atoms with Crippen molar-refractivity contribution in [2.45, 2.75) is 334 Å². The quantitative estimate of drug-likeness (QED) is 0.0211. The van der Waals surface area contributed by atoms with Gasteiger partial charge in [0.05, 0.1) is 34.4 Å². The summed E-state index contributed by atoms with van der Waals surface area (Å²) >= 11 is 0. The van der Waals surface area contributed by atoms with Crippen molar-refractivity contribution in [2.75, 3.05) is 47.5 Å². The number of carboxylic acids is 1. The highest BCUT2D eigenvalue weighted by Gasteiger charge is 2.25. The maximum Gasteiger partial charge on any atom is 0.361 e. The van der Waals surface area contributed by atoms with Crippen LogP contribution in [0.15, 0.2) is 146 Å². The monoisotopic (exact) mass is 1320 g/mol. The van der Waals surface area contributed by atoms with E-state index >= 15 is 0 Å². The summed E-state index contributed by atoms with van der Waals surface area (Å²) in [4.78, 5) is 37.7. The van der Waals surface area contributed by atoms with Crippen LogP contribution in [-0.2, 0) is 33.3 Å². The molecule has 0 radical (unpaired) electrons. The molecule has 0 fully saturated rings. The molecular formula is C86H146NO8+. The molecule has 0 aliphatic carbocycles. The molecule has 0 aromatic heterocycles. The average Bonchev–Trinajstić information content (AvgIpc) is 3.24. The molecule has 0 rings (SSSR count). The fourth-order valence-corrected chi connectivity index (χ4v) is 10.7. The van der Waals surface area contributed by atoms with Crippen molar-refractivity contribution in [2.24, 2.45) is 0 Å². The minimum atomic E-state index is -1.52. The number of hydrogen-bond acceptors (Lipinski definition) is 7. The first kappa shape index (κ1) is 90.2. The van der Waals surface area contributed by atoms with Crippen LogP contribution in [0.3, 0.4) is 0 Å². The molecule has 0 aliphatic heterocycles. The van der Waals surface area contributed by atoms with Gasteiger partial charge in [0.25, 0.3) is 6.29 Å². The van der Waals surface area contributed by atoms with E-state index in [4.69, 9.17) is 18.9 Å². The van der Waals surface area contributed by atoms with Gasteiger partial charge in [-0.05, 0) is 116 Å². The highest BCUT2D eigenvalue weighted by Crippen LogP contribution is 2.18. The van der Waals surface area contributed by atoms with Crippen molar-refractivity contribution in [1.29, 1.82) is 0 Å². The zero-order valence-corrected chi connectivity index (χ0v) is 62.0. The Hall–Kier alpha value is -4.83. The van der Waals surface area contributed by atoms with E-state index in [1.807, 2.05) is 21.1 Å². The normalized spacial score (nSPS) is 13.5. The van der Waals surface area contributed by atoms with Gasteiger partial charge in [0.1, 0.15) is 13.2 Å². The number of carboxylic acid groups (broad SMARTS) is 1. The van der Waals surface area contributed by atoms with E-state index in [0.29, 0.717) is 23.9 Å². The molecule has 2 unspecified atom stereocenters. The van der Waals surface area contributed by atoms with Crippen LogP contribution in [0.1, 0.15) is 322 Å². The van der Waals surface area contributed by atoms with E-state index in [9.17, 15) is 19.5 Å². The Balaban J connectivity index is 4.05. The second kappa shape index (κ2) is 75.0. The number of quaternary nitrogens is 1. The summed E-state index contributed by atoms with van der Waals surface area (Å²) in [6.45, 7) is 4.66. The lowest BCUT2D eigenvalue weighted by Crippen LogP contribution is -2.40. The molecule has 0 spiro atoms. The zero-order valence-electron chi connectivity index (χ0n) is 62.0. The first-order valence-corrected chi connectivity index (χ1v) is 39.0. The summed E-state index contributed by atoms with van der Waals surface area (Å²) in [5, 5.41) is 9.77. The van der Waals surface area contributed by atoms with Gasteiger partial charge in [0, 0.05) is 12.8 Å². The van der Waals surface area contributed by atoms with Gasteiger partial charge < -0.3 is 28.5 Å². The van der Waals surface area contributed by atoms with Crippen molar-refractivity contribution >= 4 is 17.9 Å². The number of allylic oxidation sites excluding steroid dienone is 24. The van der Waals surface area contributed by atoms with Gasteiger partial charge in [-0.1, -0.05) is 339 Å². The third-order valence-electron chi connectivity index (χ3n) is 16.6. The van der Waals surface area contributed by atoms with E-state index < -0.39 is 24.3 Å². The molecule has 95 heavy (non-hydrogen) atoms. The van der Waals surface area contributed by atoms with Crippen LogP contribution >= 0.6 is 0 Å². The maximum atomic E-state index is 13.0. The van der Waals surface area contributed by atoms with Gasteiger partial charge in [0.15, 0.2) is 6.10 Å². The van der Waals surface area contributed by atoms with Gasteiger partial charge in [-0.25, -0.2) is 4.79 Å². The van der Waals surface area contributed by atoms with E-state index in [2.05, 4.69) is 160 Å². The van der Waals surface area contributed by atoms with Gasteiger partial charge in [-0.3, -0.25) is 9.59 Å². The minimum absolute atomic E-state index is 0.182. The fraction of sp³-hybridized carbons (Fsp3) is 0.686. The Morgan fingerprint density at radius 1 is 0.316 bits per heavy atom. The van der Waals surface area contributed by atoms with E-state index in [1.54, 1.807) is 0 Å². The first-order valence-electron chi connectivity index (χ1n) is 39.0. The van der Waals surface area contributed by atoms with Crippen molar-refractivity contribution in [1.82, 2.24) is 0 Å². The van der Waals surface area contributed by atoms with Crippen LogP contribution < -0.4 is 0 Å². The van der Waals surface area contributed by atoms with Crippen LogP contribution in [0.25, 0.3) is 0 Å². The standard InChI is InChI=1S/C86H145NO8/c1-6-8-10-12-14-16-18-20-22-24-26-28-30-32-34-36-38-39-40-41-42-43-44-45-47-48-50-52-54-56-58-60-62-64-66-68-70-72-74-76-83(88)93-80-82(81-94-86(85(90)91)92-79-78-87(3,4)5)95-84(89)77-75-73-71-69-67-65-63-61-59-57-55-53-51-49-46-37-35-33-31-29-27-25-23-21-19-17-15-13-11-9-7-2/h8-11,14-17,20-23,26-29,32-35,46,49,53,55,82,86H,6-7,12-13,18-19,24-25,30-31,36-45,47-48,50-52,54,56-81H2,1-5H3/p+1/b10-8-,11-9-,16-14-,17-15-,22-20-,23-21-,28-26-,29-27-,34-32-,35-33-,49-46-,55-53-. The number of ether oxygens (including phenoxy) is 4. The Kier molecular flexibility index (Phi) is 71.1. The predicted molar refractivity (Wildman–Crippen MR) is 410 cm³/mol. The summed E-state index contributed by atoms with van der Waals surface area (Å²) in [6.07, 6.45) is 107. The Morgan fingerprint density at radius 3 is 0.842 bits per heavy atom. The molecule has 0 heterocycles. The van der Waals surface area contributed by atoms with Crippen LogP contribution in [0.2, 0.25) is 0 Å². The molecule has 0 saturated heterocycles. The number of carbonyl (C=O) groups is 3. The van der Waals surface area contributed by atoms with Crippen molar-refractivity contribution < 1.29 is 42.9 Å². The van der Waals surface area contributed by atoms with Crippen LogP contribution in [-0.4, -0.2) is 87.4 Å². The number of unbranched alkanes of at least 4 members (excludes halogenated alkanes) is 32. The number of rotatable bonds is 71. The Labute approximate surface area is 585 Å². The second-order valence-electron chi connectivity index (χ2n) is 26.9. The number of nitrogens with zero attached hydrogens (tertiary/aromatic N) is 1. The zero-order chi connectivity index (χ0) is 69.0. The molecule has 9 heteroatoms. The van der Waals surface area contributed by atoms with Gasteiger partial charge in [0.2, 0.25) is 0 Å². The molecule has 0 aromatic rings. The molecule has 1 N–H and O–H groups in total. The minimum Gasteiger partial charge on any atom is -0.477 e. The number of aliphatic carboxylic acids is 1. The molecule has 0 saturated carbocycles. The summed E-state index contributed by atoms with van der Waals surface area (Å²) in [5.41, 5.74) is 0. The topological polar surface area (TPSA) is 108 Å². The lowest BCUT2D eigenvalue weighted by Gasteiger charge is -2.25. The SMILES string of the molecule is CC/C=C\C/C=C\C/C=C\C/C=C\C/C=C\C/C=C\C/C=C\CCCCCCCCCCCC(=O)OC(COC(=O)CCCCCCCCCCCCCCCCCCCCCCCCC/C=C\C/C=C\C/C=C\C/C=C\C/C=C\CC)COC(OCC[N+](C)(C)C)C(=O)O. The van der Waals surface area contributed by atoms with E-state index in [1.165, 1.54) is 167 Å². The third-order valence-corrected chi connectivity index (χ3v) is 16.6. The maximum absolute atomic E-state index is 13.0. The van der Waals surface area contributed by atoms with Crippen LogP contribution in [0.4, 0.5) is 0 Å². The highest BCUT2D eigenvalue weighted by molar-refractivity contribution is 5.71. The highest BCUT2D eigenvalue weighted by atomic mass is 16.7. The van der Waals surface area contributed by atoms with Crippen molar-refractivity contribution in [3.05, 3.63) is 146 Å². The van der Waals surface area contributed by atoms with Gasteiger partial charge in [-0.15, -0.1) is 0 Å². The molecule has 542 valence electrons. The molecular weight excluding hydrogens is 1170 g/mol. The molecule has 0 bridgehead atoms. The van der Waals surface area contributed by atoms with Crippen LogP contribution in [0.5, 0.6) is 0 Å². The summed E-state index contributed by atoms with van der Waals surface area (Å²) in [6, 6.07) is 0. The van der Waals surface area contributed by atoms with E-state index in [0.717, 1.165) is 122 Å². The number of hydrogen-bond donors (Lipinski definition) is 1. The third kappa shape index (κ3) is 76.4. The number of carbonyl (C=O) groups excluding carboxylic acids is 2. The molecule has 2 atom stereocenters. The predicted octanol–water partition coefficient (Wildman–Crippen LogP) is 25.0. The van der Waals surface area contributed by atoms with Crippen molar-refractivity contribution in [3.8, 4) is 0 Å². The molecule has 9 nitrogen and oxygen atoms in total. The summed E-state index contributed by atoms with van der Waals surface area (Å²) < 4.78 is 23.0. The lowest BCUT2D eigenvalue weighted by atomic mass is 10.0.